The lowest BCUT2D eigenvalue weighted by Gasteiger charge is -2.38. The van der Waals surface area contributed by atoms with E-state index in [2.05, 4.69) is 0 Å². The van der Waals surface area contributed by atoms with Crippen molar-refractivity contribution in [2.24, 2.45) is 5.92 Å². The van der Waals surface area contributed by atoms with Gasteiger partial charge in [0.05, 0.1) is 16.7 Å². The normalized spacial score (nSPS) is 23.6. The Labute approximate surface area is 127 Å². The Morgan fingerprint density at radius 3 is 2.50 bits per heavy atom. The fourth-order valence-electron chi connectivity index (χ4n) is 2.63. The van der Waals surface area contributed by atoms with Gasteiger partial charge in [-0.1, -0.05) is 19.1 Å². The number of hydrogen-bond donors (Lipinski definition) is 0. The molecule has 0 aromatic heterocycles. The minimum Gasteiger partial charge on any atom is -0.379 e. The molecule has 1 heterocycles. The number of para-hydroxylation sites is 1. The number of benzene rings is 1. The maximum absolute atomic E-state index is 12.8. The average Bonchev–Trinajstić information content (AvgIpc) is 2.46. The molecule has 4 nitrogen and oxygen atoms in total. The lowest BCUT2D eigenvalue weighted by Crippen LogP contribution is -2.44. The summed E-state index contributed by atoms with van der Waals surface area (Å²) in [6.45, 7) is 2.86. The molecule has 1 aliphatic heterocycles. The lowest BCUT2D eigenvalue weighted by molar-refractivity contribution is -0.0435. The van der Waals surface area contributed by atoms with E-state index in [1.54, 1.807) is 12.0 Å². The smallest absolute Gasteiger partial charge is 0.379 e. The number of methoxy groups -OCH3 is 1. The molecule has 1 aliphatic rings. The summed E-state index contributed by atoms with van der Waals surface area (Å²) in [6, 6.07) is 5.23. The molecular weight excluding hydrogens is 319 g/mol. The highest BCUT2D eigenvalue weighted by molar-refractivity contribution is 7.92. The summed E-state index contributed by atoms with van der Waals surface area (Å²) in [4.78, 5) is 0.944. The predicted molar refractivity (Wildman–Crippen MR) is 76.5 cm³/mol. The van der Waals surface area contributed by atoms with Gasteiger partial charge in [-0.2, -0.15) is 13.2 Å². The van der Waals surface area contributed by atoms with Gasteiger partial charge in [-0.25, -0.2) is 8.42 Å². The molecule has 0 bridgehead atoms. The topological polar surface area (TPSA) is 46.6 Å². The second-order valence-electron chi connectivity index (χ2n) is 5.40. The molecule has 0 spiro atoms. The zero-order valence-corrected chi connectivity index (χ0v) is 13.1. The fourth-order valence-corrected chi connectivity index (χ4v) is 3.61. The van der Waals surface area contributed by atoms with Crippen LogP contribution in [0, 0.1) is 5.92 Å². The van der Waals surface area contributed by atoms with E-state index >= 15 is 0 Å². The van der Waals surface area contributed by atoms with Gasteiger partial charge in [0.1, 0.15) is 0 Å². The molecule has 0 saturated carbocycles. The molecule has 8 heteroatoms. The first-order valence-corrected chi connectivity index (χ1v) is 8.35. The maximum Gasteiger partial charge on any atom is 0.501 e. The van der Waals surface area contributed by atoms with E-state index in [9.17, 15) is 21.6 Å². The third-order valence-corrected chi connectivity index (χ3v) is 5.53. The Hall–Kier alpha value is -1.28. The molecule has 2 unspecified atom stereocenters. The molecule has 22 heavy (non-hydrogen) atoms. The lowest BCUT2D eigenvalue weighted by atomic mass is 9.95. The number of sulfone groups is 1. The van der Waals surface area contributed by atoms with Gasteiger partial charge in [0.25, 0.3) is 9.84 Å². The van der Waals surface area contributed by atoms with Gasteiger partial charge in [0.2, 0.25) is 0 Å². The Morgan fingerprint density at radius 2 is 1.91 bits per heavy atom. The summed E-state index contributed by atoms with van der Waals surface area (Å²) >= 11 is 0. The van der Waals surface area contributed by atoms with Gasteiger partial charge < -0.3 is 9.64 Å². The van der Waals surface area contributed by atoms with Crippen LogP contribution in [0.3, 0.4) is 0 Å². The molecule has 0 aliphatic carbocycles. The average molecular weight is 337 g/mol. The minimum atomic E-state index is -5.38. The molecule has 124 valence electrons. The van der Waals surface area contributed by atoms with E-state index in [1.807, 2.05) is 6.92 Å². The van der Waals surface area contributed by atoms with Crippen LogP contribution >= 0.6 is 0 Å². The summed E-state index contributed by atoms with van der Waals surface area (Å²) in [7, 11) is -3.83. The monoisotopic (exact) mass is 337 g/mol. The minimum absolute atomic E-state index is 0.0776. The number of halogens is 3. The van der Waals surface area contributed by atoms with E-state index in [4.69, 9.17) is 4.74 Å². The molecule has 2 rings (SSSR count). The first kappa shape index (κ1) is 17.1. The number of ether oxygens (including phenoxy) is 1. The van der Waals surface area contributed by atoms with Crippen molar-refractivity contribution in [2.75, 3.05) is 25.1 Å². The molecular formula is C14H18F3NO3S. The molecule has 1 aromatic carbocycles. The summed E-state index contributed by atoms with van der Waals surface area (Å²) in [5.74, 6) is 0.271. The Kier molecular flexibility index (Phi) is 4.72. The van der Waals surface area contributed by atoms with Gasteiger partial charge >= 0.3 is 5.51 Å². The van der Waals surface area contributed by atoms with Crippen LogP contribution in [-0.2, 0) is 14.6 Å². The SMILES string of the molecule is COC1CN(c2ccccc2S(=O)(=O)C(F)(F)F)CCC1C. The van der Waals surface area contributed by atoms with Gasteiger partial charge in [-0.05, 0) is 24.5 Å². The van der Waals surface area contributed by atoms with Crippen molar-refractivity contribution < 1.29 is 26.3 Å². The van der Waals surface area contributed by atoms with Crippen LogP contribution in [0.15, 0.2) is 29.2 Å². The molecule has 1 fully saturated rings. The van der Waals surface area contributed by atoms with E-state index in [0.29, 0.717) is 13.1 Å². The fraction of sp³-hybridized carbons (Fsp3) is 0.571. The molecule has 0 radical (unpaired) electrons. The van der Waals surface area contributed by atoms with Crippen molar-refractivity contribution in [3.8, 4) is 0 Å². The Balaban J connectivity index is 2.42. The summed E-state index contributed by atoms with van der Waals surface area (Å²) in [5.41, 5.74) is -5.24. The second-order valence-corrected chi connectivity index (χ2v) is 7.31. The third-order valence-electron chi connectivity index (χ3n) is 3.99. The summed E-state index contributed by atoms with van der Waals surface area (Å²) in [5, 5.41) is 0. The predicted octanol–water partition coefficient (Wildman–Crippen LogP) is 2.84. The van der Waals surface area contributed by atoms with E-state index in [1.165, 1.54) is 18.2 Å². The summed E-state index contributed by atoms with van der Waals surface area (Å²) < 4.78 is 67.4. The van der Waals surface area contributed by atoms with E-state index in [0.717, 1.165) is 12.5 Å². The molecule has 1 saturated heterocycles. The van der Waals surface area contributed by atoms with Crippen LogP contribution in [0.1, 0.15) is 13.3 Å². The number of anilines is 1. The number of nitrogens with zero attached hydrogens (tertiary/aromatic N) is 1. The number of piperidine rings is 1. The Morgan fingerprint density at radius 1 is 1.27 bits per heavy atom. The van der Waals surface area contributed by atoms with Crippen molar-refractivity contribution in [2.45, 2.75) is 29.9 Å². The van der Waals surface area contributed by atoms with Crippen LogP contribution in [0.25, 0.3) is 0 Å². The van der Waals surface area contributed by atoms with Crippen molar-refractivity contribution in [1.82, 2.24) is 0 Å². The van der Waals surface area contributed by atoms with E-state index < -0.39 is 20.2 Å². The highest BCUT2D eigenvalue weighted by atomic mass is 32.2. The van der Waals surface area contributed by atoms with Crippen LogP contribution in [0.2, 0.25) is 0 Å². The highest BCUT2D eigenvalue weighted by Gasteiger charge is 2.48. The van der Waals surface area contributed by atoms with Crippen molar-refractivity contribution >= 4 is 15.5 Å². The number of alkyl halides is 3. The second kappa shape index (κ2) is 6.08. The van der Waals surface area contributed by atoms with Crippen LogP contribution < -0.4 is 4.90 Å². The maximum atomic E-state index is 12.8. The molecule has 2 atom stereocenters. The largest absolute Gasteiger partial charge is 0.501 e. The summed E-state index contributed by atoms with van der Waals surface area (Å²) in [6.07, 6.45) is 0.578. The van der Waals surface area contributed by atoms with Crippen LogP contribution in [0.4, 0.5) is 18.9 Å². The van der Waals surface area contributed by atoms with Crippen molar-refractivity contribution in [3.63, 3.8) is 0 Å². The van der Waals surface area contributed by atoms with E-state index in [-0.39, 0.29) is 17.7 Å². The third kappa shape index (κ3) is 3.08. The Bertz CT molecular complexity index is 630. The van der Waals surface area contributed by atoms with Crippen LogP contribution in [-0.4, -0.2) is 40.2 Å². The van der Waals surface area contributed by atoms with Gasteiger partial charge in [0, 0.05) is 20.2 Å². The molecule has 0 N–H and O–H groups in total. The van der Waals surface area contributed by atoms with Gasteiger partial charge in [0.15, 0.2) is 0 Å². The van der Waals surface area contributed by atoms with Crippen LogP contribution in [0.5, 0.6) is 0 Å². The van der Waals surface area contributed by atoms with Gasteiger partial charge in [-0.3, -0.25) is 0 Å². The van der Waals surface area contributed by atoms with Gasteiger partial charge in [-0.15, -0.1) is 0 Å². The highest BCUT2D eigenvalue weighted by Crippen LogP contribution is 2.37. The quantitative estimate of drug-likeness (QED) is 0.851. The number of hydrogen-bond acceptors (Lipinski definition) is 4. The molecule has 0 amide bonds. The standard InChI is InChI=1S/C14H18F3NO3S/c1-10-7-8-18(9-12(10)21-2)11-5-3-4-6-13(11)22(19,20)14(15,16)17/h3-6,10,12H,7-9H2,1-2H3. The first-order valence-electron chi connectivity index (χ1n) is 6.86. The zero-order valence-electron chi connectivity index (χ0n) is 12.3. The zero-order chi connectivity index (χ0) is 16.5. The van der Waals surface area contributed by atoms with Crippen molar-refractivity contribution in [3.05, 3.63) is 24.3 Å². The number of rotatable bonds is 3. The first-order chi connectivity index (χ1) is 10.2. The molecule has 1 aromatic rings. The van der Waals surface area contributed by atoms with Crippen molar-refractivity contribution in [1.29, 1.82) is 0 Å².